The van der Waals surface area contributed by atoms with Crippen LogP contribution in [0.4, 0.5) is 0 Å². The van der Waals surface area contributed by atoms with Crippen LogP contribution in [0, 0.1) is 10.1 Å². The van der Waals surface area contributed by atoms with Crippen LogP contribution in [0.5, 0.6) is 0 Å². The first-order valence-electron chi connectivity index (χ1n) is 9.08. The van der Waals surface area contributed by atoms with Crippen molar-refractivity contribution in [3.05, 3.63) is 79.8 Å². The fourth-order valence-electron chi connectivity index (χ4n) is 3.48. The third-order valence-electron chi connectivity index (χ3n) is 4.91. The molecule has 0 unspecified atom stereocenters. The van der Waals surface area contributed by atoms with Crippen molar-refractivity contribution in [2.45, 2.75) is 12.5 Å². The van der Waals surface area contributed by atoms with Crippen LogP contribution < -0.4 is 0 Å². The van der Waals surface area contributed by atoms with Gasteiger partial charge < -0.3 is 4.90 Å². The first kappa shape index (κ1) is 20.6. The summed E-state index contributed by atoms with van der Waals surface area (Å²) in [5.74, 6) is -0.161. The Morgan fingerprint density at radius 1 is 0.929 bits per heavy atom. The Labute approximate surface area is 173 Å². The maximum Gasteiger partial charge on any atom is 0.229 e. The van der Waals surface area contributed by atoms with Crippen LogP contribution in [-0.4, -0.2) is 53.4 Å². The second-order valence-corrected chi connectivity index (χ2v) is 7.60. The smallest absolute Gasteiger partial charge is 0.229 e. The highest BCUT2D eigenvalue weighted by atomic mass is 35.5. The van der Waals surface area contributed by atoms with Gasteiger partial charge in [0.1, 0.15) is 0 Å². The molecule has 0 aromatic heterocycles. The van der Waals surface area contributed by atoms with E-state index < -0.39 is 4.92 Å². The van der Waals surface area contributed by atoms with E-state index in [0.29, 0.717) is 36.2 Å². The quantitative estimate of drug-likeness (QED) is 0.523. The maximum absolute atomic E-state index is 12.2. The molecule has 0 radical (unpaired) electrons. The number of amides is 1. The van der Waals surface area contributed by atoms with Gasteiger partial charge in [-0.3, -0.25) is 19.8 Å². The highest BCUT2D eigenvalue weighted by Crippen LogP contribution is 2.31. The number of benzene rings is 2. The largest absolute Gasteiger partial charge is 0.340 e. The van der Waals surface area contributed by atoms with Crippen molar-refractivity contribution in [2.75, 3.05) is 32.7 Å². The lowest BCUT2D eigenvalue weighted by molar-refractivity contribution is -0.478. The number of halogens is 2. The number of rotatable bonds is 6. The van der Waals surface area contributed by atoms with Crippen molar-refractivity contribution in [1.29, 1.82) is 0 Å². The molecule has 1 aliphatic heterocycles. The van der Waals surface area contributed by atoms with Crippen LogP contribution in [-0.2, 0) is 4.79 Å². The number of piperazine rings is 1. The van der Waals surface area contributed by atoms with Crippen molar-refractivity contribution >= 4 is 29.1 Å². The summed E-state index contributed by atoms with van der Waals surface area (Å²) in [4.78, 5) is 26.2. The summed E-state index contributed by atoms with van der Waals surface area (Å²) < 4.78 is 0. The van der Waals surface area contributed by atoms with Crippen molar-refractivity contribution in [3.63, 3.8) is 0 Å². The monoisotopic (exact) mass is 421 g/mol. The van der Waals surface area contributed by atoms with E-state index in [-0.39, 0.29) is 24.9 Å². The van der Waals surface area contributed by atoms with E-state index >= 15 is 0 Å². The molecule has 1 aliphatic rings. The van der Waals surface area contributed by atoms with Crippen LogP contribution in [0.3, 0.4) is 0 Å². The zero-order valence-electron chi connectivity index (χ0n) is 15.3. The second kappa shape index (κ2) is 9.37. The summed E-state index contributed by atoms with van der Waals surface area (Å²) in [5.41, 5.74) is 2.22. The van der Waals surface area contributed by atoms with Crippen LogP contribution in [0.25, 0.3) is 0 Å². The second-order valence-electron chi connectivity index (χ2n) is 6.73. The molecule has 0 N–H and O–H groups in total. The van der Waals surface area contributed by atoms with Gasteiger partial charge in [0, 0.05) is 41.1 Å². The highest BCUT2D eigenvalue weighted by Gasteiger charge is 2.28. The zero-order valence-corrected chi connectivity index (χ0v) is 16.8. The molecule has 3 rings (SSSR count). The summed E-state index contributed by atoms with van der Waals surface area (Å²) in [7, 11) is 0. The van der Waals surface area contributed by atoms with Gasteiger partial charge in [0.05, 0.1) is 12.5 Å². The highest BCUT2D eigenvalue weighted by molar-refractivity contribution is 6.30. The predicted octanol–water partition coefficient (Wildman–Crippen LogP) is 3.89. The van der Waals surface area contributed by atoms with Gasteiger partial charge in [-0.2, -0.15) is 0 Å². The van der Waals surface area contributed by atoms with E-state index in [1.54, 1.807) is 4.90 Å². The average Bonchev–Trinajstić information content (AvgIpc) is 2.70. The van der Waals surface area contributed by atoms with E-state index in [4.69, 9.17) is 23.2 Å². The molecule has 0 bridgehead atoms. The molecule has 8 heteroatoms. The van der Waals surface area contributed by atoms with Crippen molar-refractivity contribution in [3.8, 4) is 0 Å². The first-order valence-corrected chi connectivity index (χ1v) is 9.84. The molecule has 0 saturated carbocycles. The number of carbonyl (C=O) groups is 1. The van der Waals surface area contributed by atoms with E-state index in [0.717, 1.165) is 11.1 Å². The van der Waals surface area contributed by atoms with E-state index in [2.05, 4.69) is 4.90 Å². The SMILES string of the molecule is O=C(CC[N+](=O)[O-])N1CCN(C(c2ccc(Cl)cc2)c2ccc(Cl)cc2)CC1. The van der Waals surface area contributed by atoms with Crippen LogP contribution in [0.2, 0.25) is 10.0 Å². The number of carbonyl (C=O) groups excluding carboxylic acids is 1. The molecule has 28 heavy (non-hydrogen) atoms. The summed E-state index contributed by atoms with van der Waals surface area (Å²) in [6.45, 7) is 2.14. The van der Waals surface area contributed by atoms with Crippen LogP contribution in [0.15, 0.2) is 48.5 Å². The molecule has 6 nitrogen and oxygen atoms in total. The lowest BCUT2D eigenvalue weighted by atomic mass is 9.96. The van der Waals surface area contributed by atoms with Gasteiger partial charge >= 0.3 is 0 Å². The normalized spacial score (nSPS) is 15.0. The molecule has 0 atom stereocenters. The zero-order chi connectivity index (χ0) is 20.1. The summed E-state index contributed by atoms with van der Waals surface area (Å²) in [6, 6.07) is 15.5. The molecule has 1 amide bonds. The summed E-state index contributed by atoms with van der Waals surface area (Å²) in [6.07, 6.45) is -0.0508. The molecular formula is C20H21Cl2N3O3. The maximum atomic E-state index is 12.2. The van der Waals surface area contributed by atoms with Gasteiger partial charge in [-0.1, -0.05) is 47.5 Å². The van der Waals surface area contributed by atoms with Gasteiger partial charge in [-0.15, -0.1) is 0 Å². The average molecular weight is 422 g/mol. The van der Waals surface area contributed by atoms with Gasteiger partial charge in [-0.05, 0) is 35.4 Å². The van der Waals surface area contributed by atoms with Crippen LogP contribution in [0.1, 0.15) is 23.6 Å². The third-order valence-corrected chi connectivity index (χ3v) is 5.42. The minimum absolute atomic E-state index is 0.0190. The molecule has 2 aromatic carbocycles. The molecule has 0 aliphatic carbocycles. The van der Waals surface area contributed by atoms with Crippen molar-refractivity contribution < 1.29 is 9.72 Å². The summed E-state index contributed by atoms with van der Waals surface area (Å²) in [5, 5.41) is 11.9. The van der Waals surface area contributed by atoms with Crippen molar-refractivity contribution in [2.24, 2.45) is 0 Å². The van der Waals surface area contributed by atoms with Gasteiger partial charge in [0.2, 0.25) is 12.5 Å². The van der Waals surface area contributed by atoms with Gasteiger partial charge in [-0.25, -0.2) is 0 Å². The molecule has 2 aromatic rings. The Morgan fingerprint density at radius 2 is 1.39 bits per heavy atom. The predicted molar refractivity (Wildman–Crippen MR) is 109 cm³/mol. The Kier molecular flexibility index (Phi) is 6.88. The topological polar surface area (TPSA) is 66.7 Å². The molecule has 1 saturated heterocycles. The Bertz CT molecular complexity index is 774. The molecular weight excluding hydrogens is 401 g/mol. The number of nitrogens with zero attached hydrogens (tertiary/aromatic N) is 3. The Hall–Kier alpha value is -2.15. The minimum atomic E-state index is -0.453. The Morgan fingerprint density at radius 3 is 1.82 bits per heavy atom. The first-order chi connectivity index (χ1) is 13.4. The molecule has 0 spiro atoms. The third kappa shape index (κ3) is 5.22. The minimum Gasteiger partial charge on any atom is -0.340 e. The lowest BCUT2D eigenvalue weighted by Gasteiger charge is -2.39. The number of hydrogen-bond acceptors (Lipinski definition) is 4. The fourth-order valence-corrected chi connectivity index (χ4v) is 3.73. The van der Waals surface area contributed by atoms with Crippen LogP contribution >= 0.6 is 23.2 Å². The van der Waals surface area contributed by atoms with E-state index in [1.165, 1.54) is 0 Å². The summed E-state index contributed by atoms with van der Waals surface area (Å²) >= 11 is 12.1. The lowest BCUT2D eigenvalue weighted by Crippen LogP contribution is -2.50. The Balaban J connectivity index is 1.75. The molecule has 1 fully saturated rings. The molecule has 148 valence electrons. The number of hydrogen-bond donors (Lipinski definition) is 0. The van der Waals surface area contributed by atoms with Crippen molar-refractivity contribution in [1.82, 2.24) is 9.80 Å². The fraction of sp³-hybridized carbons (Fsp3) is 0.350. The standard InChI is InChI=1S/C20H21Cl2N3O3/c21-17-5-1-15(2-6-17)20(16-3-7-18(22)8-4-16)24-13-11-23(12-14-24)19(26)9-10-25(27)28/h1-8,20H,9-14H2. The number of nitro groups is 1. The molecule has 1 heterocycles. The van der Waals surface area contributed by atoms with E-state index in [9.17, 15) is 14.9 Å². The van der Waals surface area contributed by atoms with Gasteiger partial charge in [0.25, 0.3) is 0 Å². The van der Waals surface area contributed by atoms with E-state index in [1.807, 2.05) is 48.5 Å². The van der Waals surface area contributed by atoms with Gasteiger partial charge in [0.15, 0.2) is 0 Å².